The molecule has 0 bridgehead atoms. The molecule has 2 fully saturated rings. The molecular weight excluding hydrogens is 320 g/mol. The van der Waals surface area contributed by atoms with Crippen LogP contribution in [0.2, 0.25) is 0 Å². The van der Waals surface area contributed by atoms with Gasteiger partial charge in [0.2, 0.25) is 10.0 Å². The third-order valence-corrected chi connectivity index (χ3v) is 6.25. The maximum Gasteiger partial charge on any atom is 0.417 e. The molecule has 2 aliphatic heterocycles. The molecule has 0 N–H and O–H groups in total. The first kappa shape index (κ1) is 15.9. The van der Waals surface area contributed by atoms with Crippen LogP contribution in [0.5, 0.6) is 0 Å². The van der Waals surface area contributed by atoms with E-state index in [4.69, 9.17) is 4.74 Å². The lowest BCUT2D eigenvalue weighted by Gasteiger charge is -2.20. The Kier molecular flexibility index (Phi) is 3.89. The molecule has 7 nitrogen and oxygen atoms in total. The van der Waals surface area contributed by atoms with Gasteiger partial charge >= 0.3 is 6.09 Å². The molecular formula is C15H18N2O5S. The highest BCUT2D eigenvalue weighted by atomic mass is 32.2. The number of cyclic esters (lactones) is 1. The fraction of sp³-hybridized carbons (Fsp3) is 0.467. The topological polar surface area (TPSA) is 84.0 Å². The molecule has 124 valence electrons. The van der Waals surface area contributed by atoms with Crippen LogP contribution in [-0.2, 0) is 19.6 Å². The molecule has 0 spiro atoms. The number of hydrogen-bond acceptors (Lipinski definition) is 5. The average molecular weight is 338 g/mol. The summed E-state index contributed by atoms with van der Waals surface area (Å²) in [5, 5.41) is 0. The maximum atomic E-state index is 12.7. The van der Waals surface area contributed by atoms with Gasteiger partial charge in [0, 0.05) is 13.1 Å². The smallest absolute Gasteiger partial charge is 0.417 e. The molecule has 23 heavy (non-hydrogen) atoms. The van der Waals surface area contributed by atoms with Gasteiger partial charge < -0.3 is 4.74 Å². The van der Waals surface area contributed by atoms with E-state index in [0.29, 0.717) is 6.42 Å². The monoisotopic (exact) mass is 338 g/mol. The lowest BCUT2D eigenvalue weighted by atomic mass is 10.1. The standard InChI is InChI=1S/C15H18N2O5S/c1-10-3-4-13(7-11(10)2)23(20,21)16-6-5-12(8-16)17-14(18)9-22-15(17)19/h3-4,7,12H,5-6,8-9H2,1-2H3. The van der Waals surface area contributed by atoms with Gasteiger partial charge in [-0.1, -0.05) is 6.07 Å². The summed E-state index contributed by atoms with van der Waals surface area (Å²) < 4.78 is 31.5. The third kappa shape index (κ3) is 2.72. The summed E-state index contributed by atoms with van der Waals surface area (Å²) in [5.74, 6) is -0.412. The molecule has 1 atom stereocenters. The van der Waals surface area contributed by atoms with Crippen LogP contribution in [0.4, 0.5) is 4.79 Å². The van der Waals surface area contributed by atoms with Gasteiger partial charge in [0.15, 0.2) is 6.61 Å². The molecule has 0 aromatic heterocycles. The van der Waals surface area contributed by atoms with Crippen molar-refractivity contribution in [2.75, 3.05) is 19.7 Å². The van der Waals surface area contributed by atoms with E-state index in [9.17, 15) is 18.0 Å². The van der Waals surface area contributed by atoms with E-state index in [0.717, 1.165) is 16.0 Å². The Morgan fingerprint density at radius 1 is 1.17 bits per heavy atom. The van der Waals surface area contributed by atoms with Gasteiger partial charge in [-0.15, -0.1) is 0 Å². The van der Waals surface area contributed by atoms with Crippen LogP contribution in [0.3, 0.4) is 0 Å². The van der Waals surface area contributed by atoms with Gasteiger partial charge in [-0.05, 0) is 43.5 Å². The molecule has 2 amide bonds. The average Bonchev–Trinajstić information content (AvgIpc) is 3.09. The highest BCUT2D eigenvalue weighted by Gasteiger charge is 2.43. The maximum absolute atomic E-state index is 12.7. The van der Waals surface area contributed by atoms with Gasteiger partial charge in [-0.2, -0.15) is 4.31 Å². The molecule has 1 unspecified atom stereocenters. The van der Waals surface area contributed by atoms with Crippen LogP contribution in [0.25, 0.3) is 0 Å². The lowest BCUT2D eigenvalue weighted by molar-refractivity contribution is -0.127. The second kappa shape index (κ2) is 5.61. The van der Waals surface area contributed by atoms with E-state index in [2.05, 4.69) is 0 Å². The molecule has 0 aliphatic carbocycles. The summed E-state index contributed by atoms with van der Waals surface area (Å²) in [6, 6.07) is 4.55. The second-order valence-corrected chi connectivity index (χ2v) is 7.81. The second-order valence-electron chi connectivity index (χ2n) is 5.87. The predicted molar refractivity (Wildman–Crippen MR) is 81.3 cm³/mol. The Balaban J connectivity index is 1.81. The highest BCUT2D eigenvalue weighted by Crippen LogP contribution is 2.26. The molecule has 0 saturated carbocycles. The van der Waals surface area contributed by atoms with Crippen LogP contribution < -0.4 is 0 Å². The van der Waals surface area contributed by atoms with Gasteiger partial charge in [0.1, 0.15) is 0 Å². The van der Waals surface area contributed by atoms with E-state index >= 15 is 0 Å². The van der Waals surface area contributed by atoms with Gasteiger partial charge in [0.05, 0.1) is 10.9 Å². The molecule has 1 aromatic carbocycles. The number of sulfonamides is 1. The van der Waals surface area contributed by atoms with Crippen LogP contribution in [0.1, 0.15) is 17.5 Å². The van der Waals surface area contributed by atoms with Crippen molar-refractivity contribution in [3.05, 3.63) is 29.3 Å². The van der Waals surface area contributed by atoms with Crippen molar-refractivity contribution in [3.8, 4) is 0 Å². The van der Waals surface area contributed by atoms with Crippen LogP contribution in [-0.4, -0.2) is 55.4 Å². The predicted octanol–water partition coefficient (Wildman–Crippen LogP) is 1.05. The van der Waals surface area contributed by atoms with Crippen molar-refractivity contribution in [1.82, 2.24) is 9.21 Å². The Hall–Kier alpha value is -1.93. The number of aryl methyl sites for hydroxylation is 2. The number of carbonyl (C=O) groups excluding carboxylic acids is 2. The Morgan fingerprint density at radius 3 is 2.52 bits per heavy atom. The van der Waals surface area contributed by atoms with E-state index in [1.54, 1.807) is 18.2 Å². The number of ether oxygens (including phenoxy) is 1. The summed E-state index contributed by atoms with van der Waals surface area (Å²) in [4.78, 5) is 24.6. The number of amides is 2. The molecule has 1 aromatic rings. The highest BCUT2D eigenvalue weighted by molar-refractivity contribution is 7.89. The van der Waals surface area contributed by atoms with E-state index < -0.39 is 28.1 Å². The summed E-state index contributed by atoms with van der Waals surface area (Å²) in [6.07, 6.45) is -0.268. The minimum atomic E-state index is -3.63. The first-order valence-electron chi connectivity index (χ1n) is 7.37. The number of carbonyl (C=O) groups is 2. The fourth-order valence-corrected chi connectivity index (χ4v) is 4.46. The first-order valence-corrected chi connectivity index (χ1v) is 8.81. The van der Waals surface area contributed by atoms with E-state index in [-0.39, 0.29) is 24.6 Å². The van der Waals surface area contributed by atoms with Gasteiger partial charge in [-0.25, -0.2) is 18.1 Å². The van der Waals surface area contributed by atoms with Crippen LogP contribution in [0, 0.1) is 13.8 Å². The number of hydrogen-bond donors (Lipinski definition) is 0. The fourth-order valence-electron chi connectivity index (χ4n) is 2.88. The zero-order valence-electron chi connectivity index (χ0n) is 13.0. The summed E-state index contributed by atoms with van der Waals surface area (Å²) in [5.41, 5.74) is 1.92. The van der Waals surface area contributed by atoms with Crippen molar-refractivity contribution in [2.24, 2.45) is 0 Å². The molecule has 2 heterocycles. The summed E-state index contributed by atoms with van der Waals surface area (Å²) in [7, 11) is -3.63. The SMILES string of the molecule is Cc1ccc(S(=O)(=O)N2CCC(N3C(=O)COC3=O)C2)cc1C. The number of benzene rings is 1. The number of rotatable bonds is 3. The van der Waals surface area contributed by atoms with Gasteiger partial charge in [0.25, 0.3) is 5.91 Å². The number of imide groups is 1. The summed E-state index contributed by atoms with van der Waals surface area (Å²) in [6.45, 7) is 3.90. The van der Waals surface area contributed by atoms with E-state index in [1.165, 1.54) is 4.31 Å². The van der Waals surface area contributed by atoms with Crippen molar-refractivity contribution < 1.29 is 22.7 Å². The normalized spacial score (nSPS) is 22.7. The Bertz CT molecular complexity index is 758. The largest absolute Gasteiger partial charge is 0.439 e. The first-order chi connectivity index (χ1) is 10.8. The zero-order valence-corrected chi connectivity index (χ0v) is 13.8. The minimum Gasteiger partial charge on any atom is -0.439 e. The Labute approximate surface area is 134 Å². The molecule has 3 rings (SSSR count). The lowest BCUT2D eigenvalue weighted by Crippen LogP contribution is -2.42. The van der Waals surface area contributed by atoms with Crippen molar-refractivity contribution >= 4 is 22.0 Å². The Morgan fingerprint density at radius 2 is 1.91 bits per heavy atom. The van der Waals surface area contributed by atoms with Crippen molar-refractivity contribution in [1.29, 1.82) is 0 Å². The third-order valence-electron chi connectivity index (χ3n) is 4.39. The van der Waals surface area contributed by atoms with Gasteiger partial charge in [-0.3, -0.25) is 4.79 Å². The van der Waals surface area contributed by atoms with Crippen molar-refractivity contribution in [3.63, 3.8) is 0 Å². The minimum absolute atomic E-state index is 0.107. The van der Waals surface area contributed by atoms with E-state index in [1.807, 2.05) is 13.8 Å². The summed E-state index contributed by atoms with van der Waals surface area (Å²) >= 11 is 0. The van der Waals surface area contributed by atoms with Crippen LogP contribution >= 0.6 is 0 Å². The molecule has 0 radical (unpaired) electrons. The quantitative estimate of drug-likeness (QED) is 0.822. The van der Waals surface area contributed by atoms with Crippen LogP contribution in [0.15, 0.2) is 23.1 Å². The molecule has 8 heteroatoms. The van der Waals surface area contributed by atoms with Crippen molar-refractivity contribution in [2.45, 2.75) is 31.2 Å². The molecule has 2 saturated heterocycles. The molecule has 2 aliphatic rings. The zero-order chi connectivity index (χ0) is 16.8. The number of nitrogens with zero attached hydrogens (tertiary/aromatic N) is 2.